The summed E-state index contributed by atoms with van der Waals surface area (Å²) in [6.45, 7) is 1.23. The van der Waals surface area contributed by atoms with E-state index >= 15 is 0 Å². The average Bonchev–Trinajstić information content (AvgIpc) is 3.26. The molecule has 1 atom stereocenters. The van der Waals surface area contributed by atoms with Gasteiger partial charge in [0.15, 0.2) is 17.3 Å². The molecule has 0 bridgehead atoms. The van der Waals surface area contributed by atoms with Crippen molar-refractivity contribution >= 4 is 17.7 Å². The molecule has 3 amide bonds. The summed E-state index contributed by atoms with van der Waals surface area (Å²) in [6, 6.07) is 12.5. The number of hydrogen-bond acceptors (Lipinski definition) is 6. The first kappa shape index (κ1) is 17.5. The molecule has 1 N–H and O–H groups in total. The maximum atomic E-state index is 13.0. The largest absolute Gasteiger partial charge is 0.454 e. The molecule has 2 aliphatic heterocycles. The monoisotopic (exact) mass is 377 g/mol. The molecule has 8 heteroatoms. The maximum Gasteiger partial charge on any atom is 0.325 e. The summed E-state index contributed by atoms with van der Waals surface area (Å²) >= 11 is 0. The van der Waals surface area contributed by atoms with Crippen molar-refractivity contribution in [2.24, 2.45) is 0 Å². The Hall–Kier alpha value is -3.86. The summed E-state index contributed by atoms with van der Waals surface area (Å²) in [6.07, 6.45) is 0. The number of amides is 3. The number of imide groups is 1. The van der Waals surface area contributed by atoms with E-state index in [4.69, 9.17) is 14.7 Å². The number of ketones is 1. The molecule has 0 saturated carbocycles. The van der Waals surface area contributed by atoms with E-state index in [2.05, 4.69) is 5.32 Å². The smallest absolute Gasteiger partial charge is 0.325 e. The number of carbonyl (C=O) groups is 3. The summed E-state index contributed by atoms with van der Waals surface area (Å²) < 4.78 is 10.5. The number of rotatable bonds is 4. The Morgan fingerprint density at radius 3 is 2.79 bits per heavy atom. The van der Waals surface area contributed by atoms with Gasteiger partial charge in [0.1, 0.15) is 5.54 Å². The Balaban J connectivity index is 1.57. The molecule has 4 rings (SSSR count). The van der Waals surface area contributed by atoms with Gasteiger partial charge in [-0.25, -0.2) is 4.79 Å². The van der Waals surface area contributed by atoms with E-state index in [0.717, 1.165) is 4.90 Å². The zero-order valence-electron chi connectivity index (χ0n) is 14.9. The molecule has 1 fully saturated rings. The van der Waals surface area contributed by atoms with Gasteiger partial charge in [0.25, 0.3) is 5.91 Å². The number of ether oxygens (including phenoxy) is 2. The average molecular weight is 377 g/mol. The third-order valence-electron chi connectivity index (χ3n) is 4.84. The summed E-state index contributed by atoms with van der Waals surface area (Å²) in [5.74, 6) is 0.0243. The fraction of sp³-hybridized carbons (Fsp3) is 0.200. The van der Waals surface area contributed by atoms with Crippen LogP contribution in [0.15, 0.2) is 42.5 Å². The lowest BCUT2D eigenvalue weighted by atomic mass is 9.91. The number of fused-ring (bicyclic) bond motifs is 1. The maximum absolute atomic E-state index is 13.0. The Morgan fingerprint density at radius 2 is 2.00 bits per heavy atom. The molecule has 140 valence electrons. The first-order valence-corrected chi connectivity index (χ1v) is 8.50. The summed E-state index contributed by atoms with van der Waals surface area (Å²) in [7, 11) is 0. The highest BCUT2D eigenvalue weighted by atomic mass is 16.7. The Bertz CT molecular complexity index is 1060. The Kier molecular flexibility index (Phi) is 4.00. The molecule has 2 aromatic rings. The molecular formula is C20H15N3O5. The van der Waals surface area contributed by atoms with Crippen LogP contribution in [0.25, 0.3) is 0 Å². The highest BCUT2D eigenvalue weighted by Gasteiger charge is 2.49. The molecule has 0 aromatic heterocycles. The molecule has 2 aromatic carbocycles. The predicted molar refractivity (Wildman–Crippen MR) is 95.6 cm³/mol. The third kappa shape index (κ3) is 2.74. The van der Waals surface area contributed by atoms with Crippen LogP contribution in [0.4, 0.5) is 4.79 Å². The minimum absolute atomic E-state index is 0.0834. The van der Waals surface area contributed by atoms with Gasteiger partial charge in [-0.3, -0.25) is 14.5 Å². The standard InChI is InChI=1S/C20H15N3O5/c1-20(14-4-2-3-12(7-14)9-21)18(25)23(19(26)22-20)10-15(24)13-5-6-16-17(8-13)28-11-27-16/h2-8H,10-11H2,1H3,(H,22,26)/t20-/m1/s1. The van der Waals surface area contributed by atoms with Crippen molar-refractivity contribution in [2.45, 2.75) is 12.5 Å². The Labute approximate surface area is 160 Å². The van der Waals surface area contributed by atoms with Gasteiger partial charge in [0.05, 0.1) is 18.2 Å². The quantitative estimate of drug-likeness (QED) is 0.644. The first-order chi connectivity index (χ1) is 13.4. The molecule has 2 heterocycles. The van der Waals surface area contributed by atoms with Gasteiger partial charge in [0.2, 0.25) is 6.79 Å². The lowest BCUT2D eigenvalue weighted by Crippen LogP contribution is -2.41. The fourth-order valence-corrected chi connectivity index (χ4v) is 3.24. The van der Waals surface area contributed by atoms with Crippen molar-refractivity contribution in [1.29, 1.82) is 5.26 Å². The van der Waals surface area contributed by atoms with Crippen molar-refractivity contribution < 1.29 is 23.9 Å². The van der Waals surface area contributed by atoms with E-state index in [0.29, 0.717) is 28.2 Å². The van der Waals surface area contributed by atoms with Gasteiger partial charge < -0.3 is 14.8 Å². The first-order valence-electron chi connectivity index (χ1n) is 8.50. The second kappa shape index (κ2) is 6.39. The number of Topliss-reactive ketones (excluding diaryl/α,β-unsaturated/α-hetero) is 1. The second-order valence-electron chi connectivity index (χ2n) is 6.63. The lowest BCUT2D eigenvalue weighted by molar-refractivity contribution is -0.130. The zero-order valence-corrected chi connectivity index (χ0v) is 14.9. The number of carbonyl (C=O) groups excluding carboxylic acids is 3. The molecule has 0 aliphatic carbocycles. The molecule has 0 unspecified atom stereocenters. The van der Waals surface area contributed by atoms with Crippen molar-refractivity contribution in [3.63, 3.8) is 0 Å². The molecule has 2 aliphatic rings. The number of hydrogen-bond donors (Lipinski definition) is 1. The zero-order chi connectivity index (χ0) is 19.9. The number of benzene rings is 2. The van der Waals surface area contributed by atoms with Gasteiger partial charge in [-0.1, -0.05) is 12.1 Å². The van der Waals surface area contributed by atoms with Crippen LogP contribution in [0.2, 0.25) is 0 Å². The van der Waals surface area contributed by atoms with Crippen LogP contribution in [0.1, 0.15) is 28.4 Å². The van der Waals surface area contributed by atoms with Gasteiger partial charge >= 0.3 is 6.03 Å². The Morgan fingerprint density at radius 1 is 1.21 bits per heavy atom. The van der Waals surface area contributed by atoms with Crippen LogP contribution in [0.5, 0.6) is 11.5 Å². The molecule has 1 saturated heterocycles. The van der Waals surface area contributed by atoms with Crippen LogP contribution in [0.3, 0.4) is 0 Å². The van der Waals surface area contributed by atoms with Gasteiger partial charge in [-0.05, 0) is 42.8 Å². The number of nitrogens with one attached hydrogen (secondary N) is 1. The van der Waals surface area contributed by atoms with Crippen LogP contribution in [0, 0.1) is 11.3 Å². The van der Waals surface area contributed by atoms with E-state index in [9.17, 15) is 14.4 Å². The highest BCUT2D eigenvalue weighted by Crippen LogP contribution is 2.33. The minimum atomic E-state index is -1.35. The topological polar surface area (TPSA) is 109 Å². The van der Waals surface area contributed by atoms with Crippen molar-refractivity contribution in [2.75, 3.05) is 13.3 Å². The van der Waals surface area contributed by atoms with Gasteiger partial charge in [0, 0.05) is 5.56 Å². The SMILES string of the molecule is C[C@]1(c2cccc(C#N)c2)NC(=O)N(CC(=O)c2ccc3c(c2)OCO3)C1=O. The van der Waals surface area contributed by atoms with Gasteiger partial charge in [-0.15, -0.1) is 0 Å². The molecule has 28 heavy (non-hydrogen) atoms. The number of urea groups is 1. The van der Waals surface area contributed by atoms with E-state index in [1.807, 2.05) is 6.07 Å². The molecule has 8 nitrogen and oxygen atoms in total. The van der Waals surface area contributed by atoms with E-state index in [-0.39, 0.29) is 6.79 Å². The summed E-state index contributed by atoms with van der Waals surface area (Å²) in [4.78, 5) is 38.9. The van der Waals surface area contributed by atoms with Gasteiger partial charge in [-0.2, -0.15) is 5.26 Å². The fourth-order valence-electron chi connectivity index (χ4n) is 3.24. The van der Waals surface area contributed by atoms with Crippen molar-refractivity contribution in [1.82, 2.24) is 10.2 Å². The second-order valence-corrected chi connectivity index (χ2v) is 6.63. The summed E-state index contributed by atoms with van der Waals surface area (Å²) in [5.41, 5.74) is -0.192. The van der Waals surface area contributed by atoms with E-state index < -0.39 is 29.8 Å². The van der Waals surface area contributed by atoms with Crippen molar-refractivity contribution in [3.8, 4) is 17.6 Å². The van der Waals surface area contributed by atoms with Crippen molar-refractivity contribution in [3.05, 3.63) is 59.2 Å². The third-order valence-corrected chi connectivity index (χ3v) is 4.84. The van der Waals surface area contributed by atoms with Crippen LogP contribution in [-0.2, 0) is 10.3 Å². The van der Waals surface area contributed by atoms with Crippen LogP contribution < -0.4 is 14.8 Å². The normalized spacial score (nSPS) is 20.1. The van der Waals surface area contributed by atoms with E-state index in [1.54, 1.807) is 43.3 Å². The molecular weight excluding hydrogens is 362 g/mol. The molecule has 0 spiro atoms. The van der Waals surface area contributed by atoms with E-state index in [1.165, 1.54) is 6.07 Å². The highest BCUT2D eigenvalue weighted by molar-refractivity contribution is 6.11. The number of nitrogens with zero attached hydrogens (tertiary/aromatic N) is 2. The summed E-state index contributed by atoms with van der Waals surface area (Å²) in [5, 5.41) is 11.7. The number of nitriles is 1. The van der Waals surface area contributed by atoms with Crippen LogP contribution in [-0.4, -0.2) is 36.0 Å². The lowest BCUT2D eigenvalue weighted by Gasteiger charge is -2.22. The predicted octanol–water partition coefficient (Wildman–Crippen LogP) is 1.94. The van der Waals surface area contributed by atoms with Crippen LogP contribution >= 0.6 is 0 Å². The minimum Gasteiger partial charge on any atom is -0.454 e. The molecule has 0 radical (unpaired) electrons.